The number of nitrogens with zero attached hydrogens (tertiary/aromatic N) is 1. The van der Waals surface area contributed by atoms with E-state index in [4.69, 9.17) is 20.3 Å². The van der Waals surface area contributed by atoms with E-state index in [1.165, 1.54) is 6.92 Å². The van der Waals surface area contributed by atoms with Crippen LogP contribution in [0.4, 0.5) is 36.8 Å². The maximum atomic E-state index is 14.2. The Kier molecular flexibility index (Phi) is 15.6. The lowest BCUT2D eigenvalue weighted by Gasteiger charge is -2.29. The van der Waals surface area contributed by atoms with Gasteiger partial charge in [0.15, 0.2) is 0 Å². The van der Waals surface area contributed by atoms with Crippen LogP contribution >= 0.6 is 12.4 Å². The molecule has 282 valence electrons. The van der Waals surface area contributed by atoms with E-state index < -0.39 is 97.1 Å². The number of rotatable bonds is 15. The second kappa shape index (κ2) is 17.9. The fraction of sp³-hybridized carbons (Fsp3) is 0.556. The van der Waals surface area contributed by atoms with Gasteiger partial charge in [0.1, 0.15) is 36.4 Å². The first-order valence-corrected chi connectivity index (χ1v) is 14.3. The van der Waals surface area contributed by atoms with Gasteiger partial charge in [-0.15, -0.1) is 12.4 Å². The van der Waals surface area contributed by atoms with Gasteiger partial charge in [-0.2, -0.15) is 22.0 Å². The molecule has 2 unspecified atom stereocenters. The molecule has 4 atom stereocenters. The van der Waals surface area contributed by atoms with Gasteiger partial charge in [-0.25, -0.2) is 9.18 Å². The SMILES string of the molecule is C[C@H]1Oc2ccc(F)cc2N(CCOC(=O)NCCNC(=O)CCC(N)C(=O)O)C(=O)[C@H]1NC(=O)C(C)(O)C(=O)NCC(F)(F)C(F)(F)F.Cl. The second-order valence-electron chi connectivity index (χ2n) is 10.7. The van der Waals surface area contributed by atoms with Crippen molar-refractivity contribution in [2.24, 2.45) is 5.73 Å². The number of carbonyl (C=O) groups is 6. The lowest BCUT2D eigenvalue weighted by molar-refractivity contribution is -0.278. The molecular weight excluding hydrogens is 718 g/mol. The zero-order valence-electron chi connectivity index (χ0n) is 26.3. The molecule has 0 aromatic heterocycles. The molecule has 5 amide bonds. The molecule has 0 saturated heterocycles. The minimum atomic E-state index is -6.05. The van der Waals surface area contributed by atoms with Crippen molar-refractivity contribution in [2.45, 2.75) is 62.6 Å². The third kappa shape index (κ3) is 11.8. The van der Waals surface area contributed by atoms with E-state index in [0.717, 1.165) is 28.4 Å². The summed E-state index contributed by atoms with van der Waals surface area (Å²) in [5, 5.41) is 27.0. The molecule has 8 N–H and O–H groups in total. The zero-order valence-corrected chi connectivity index (χ0v) is 27.1. The number of amides is 5. The molecule has 0 radical (unpaired) electrons. The van der Waals surface area contributed by atoms with Crippen LogP contribution < -0.4 is 36.6 Å². The number of fused-ring (bicyclic) bond motifs is 1. The maximum absolute atomic E-state index is 14.2. The van der Waals surface area contributed by atoms with E-state index in [-0.39, 0.29) is 49.8 Å². The monoisotopic (exact) mass is 752 g/mol. The Morgan fingerprint density at radius 1 is 1.06 bits per heavy atom. The fourth-order valence-corrected chi connectivity index (χ4v) is 3.96. The molecule has 2 rings (SSSR count). The van der Waals surface area contributed by atoms with Crippen LogP contribution in [0.15, 0.2) is 18.2 Å². The molecule has 0 aliphatic carbocycles. The standard InChI is InChI=1S/C27H34F6N6O10.ClH/c1-13-19(38-23(45)25(2,47)22(44)37-12-26(29,30)27(31,32)33)20(41)39(16-11-14(28)3-5-17(16)49-13)9-10-48-24(46)36-8-7-35-18(40)6-4-15(34)21(42)43;/h3,5,11,13,15,19,47H,4,6-10,12,34H2,1-2H3,(H,35,40)(H,36,46)(H,37,44)(H,38,45)(H,42,43);1H/t13-,15?,19+,25?;/m1./s1. The third-order valence-electron chi connectivity index (χ3n) is 6.85. The van der Waals surface area contributed by atoms with Crippen molar-refractivity contribution in [3.05, 3.63) is 24.0 Å². The molecule has 23 heteroatoms. The number of hydrogen-bond acceptors (Lipinski definition) is 10. The summed E-state index contributed by atoms with van der Waals surface area (Å²) in [7, 11) is 0. The Bertz CT molecular complexity index is 1420. The van der Waals surface area contributed by atoms with Crippen LogP contribution in [-0.2, 0) is 28.7 Å². The van der Waals surface area contributed by atoms with E-state index in [0.29, 0.717) is 6.92 Å². The Morgan fingerprint density at radius 2 is 1.68 bits per heavy atom. The highest BCUT2D eigenvalue weighted by atomic mass is 35.5. The summed E-state index contributed by atoms with van der Waals surface area (Å²) in [5.41, 5.74) is 1.84. The van der Waals surface area contributed by atoms with E-state index in [1.54, 1.807) is 0 Å². The third-order valence-corrected chi connectivity index (χ3v) is 6.85. The van der Waals surface area contributed by atoms with E-state index in [2.05, 4.69) is 10.6 Å². The second-order valence-corrected chi connectivity index (χ2v) is 10.7. The van der Waals surface area contributed by atoms with Crippen LogP contribution in [0.5, 0.6) is 5.75 Å². The van der Waals surface area contributed by atoms with Gasteiger partial charge in [-0.05, 0) is 32.4 Å². The zero-order chi connectivity index (χ0) is 37.3. The molecular formula is C27H35ClF6N6O10. The lowest BCUT2D eigenvalue weighted by atomic mass is 10.0. The van der Waals surface area contributed by atoms with E-state index in [9.17, 15) is 60.2 Å². The lowest BCUT2D eigenvalue weighted by Crippen LogP contribution is -2.63. The minimum Gasteiger partial charge on any atom is -0.486 e. The largest absolute Gasteiger partial charge is 0.486 e. The van der Waals surface area contributed by atoms with Crippen molar-refractivity contribution in [1.82, 2.24) is 21.3 Å². The molecule has 1 aliphatic heterocycles. The summed E-state index contributed by atoms with van der Waals surface area (Å²) < 4.78 is 88.7. The van der Waals surface area contributed by atoms with Gasteiger partial charge in [0.25, 0.3) is 17.7 Å². The Balaban J connectivity index is 0.0000125. The average Bonchev–Trinajstić information content (AvgIpc) is 3.09. The number of anilines is 1. The van der Waals surface area contributed by atoms with Crippen LogP contribution in [0, 0.1) is 5.82 Å². The number of benzene rings is 1. The number of carboxylic acids is 1. The highest BCUT2D eigenvalue weighted by molar-refractivity contribution is 6.10. The maximum Gasteiger partial charge on any atom is 0.455 e. The number of carboxylic acid groups (broad SMARTS) is 1. The molecule has 0 fully saturated rings. The molecule has 50 heavy (non-hydrogen) atoms. The van der Waals surface area contributed by atoms with Crippen LogP contribution in [0.2, 0.25) is 0 Å². The summed E-state index contributed by atoms with van der Waals surface area (Å²) in [5.74, 6) is -12.8. The van der Waals surface area contributed by atoms with Gasteiger partial charge < -0.3 is 51.6 Å². The highest BCUT2D eigenvalue weighted by Crippen LogP contribution is 2.35. The number of aliphatic hydroxyl groups is 1. The molecule has 1 aliphatic rings. The van der Waals surface area contributed by atoms with Crippen molar-refractivity contribution >= 4 is 53.8 Å². The number of alkyl halides is 5. The average molecular weight is 753 g/mol. The normalized spacial score (nSPS) is 17.7. The molecule has 16 nitrogen and oxygen atoms in total. The number of nitrogens with two attached hydrogens (primary N) is 1. The Hall–Kier alpha value is -4.57. The number of ether oxygens (including phenoxy) is 2. The summed E-state index contributed by atoms with van der Waals surface area (Å²) in [4.78, 5) is 74.1. The minimum absolute atomic E-state index is 0. The number of alkyl carbamates (subject to hydrolysis) is 1. The summed E-state index contributed by atoms with van der Waals surface area (Å²) >= 11 is 0. The molecule has 1 heterocycles. The predicted molar refractivity (Wildman–Crippen MR) is 160 cm³/mol. The number of carbonyl (C=O) groups excluding carboxylic acids is 5. The molecule has 0 bridgehead atoms. The fourth-order valence-electron chi connectivity index (χ4n) is 3.96. The van der Waals surface area contributed by atoms with E-state index in [1.807, 2.05) is 5.32 Å². The first-order chi connectivity index (χ1) is 22.6. The van der Waals surface area contributed by atoms with Gasteiger partial charge >= 0.3 is 24.2 Å². The smallest absolute Gasteiger partial charge is 0.455 e. The van der Waals surface area contributed by atoms with Crippen LogP contribution in [0.25, 0.3) is 0 Å². The summed E-state index contributed by atoms with van der Waals surface area (Å²) in [6, 6.07) is -0.0174. The van der Waals surface area contributed by atoms with Crippen LogP contribution in [0.3, 0.4) is 0 Å². The van der Waals surface area contributed by atoms with Gasteiger partial charge in [-0.1, -0.05) is 0 Å². The topological polar surface area (TPSA) is 239 Å². The number of hydrogen-bond donors (Lipinski definition) is 7. The molecule has 1 aromatic carbocycles. The first kappa shape index (κ1) is 43.5. The number of nitrogens with one attached hydrogen (secondary N) is 4. The van der Waals surface area contributed by atoms with E-state index >= 15 is 0 Å². The summed E-state index contributed by atoms with van der Waals surface area (Å²) in [6.45, 7) is -1.82. The van der Waals surface area contributed by atoms with Gasteiger partial charge in [0.05, 0.1) is 18.8 Å². The number of aliphatic carboxylic acids is 1. The Labute approximate surface area is 285 Å². The van der Waals surface area contributed by atoms with Crippen molar-refractivity contribution < 1.29 is 74.8 Å². The van der Waals surface area contributed by atoms with Crippen molar-refractivity contribution in [1.29, 1.82) is 0 Å². The van der Waals surface area contributed by atoms with Gasteiger partial charge in [0, 0.05) is 25.6 Å². The molecule has 0 saturated carbocycles. The van der Waals surface area contributed by atoms with Gasteiger partial charge in [-0.3, -0.25) is 24.0 Å². The quantitative estimate of drug-likeness (QED) is 0.0712. The predicted octanol–water partition coefficient (Wildman–Crippen LogP) is -0.0545. The highest BCUT2D eigenvalue weighted by Gasteiger charge is 2.58. The van der Waals surface area contributed by atoms with Crippen LogP contribution in [-0.4, -0.2) is 115 Å². The van der Waals surface area contributed by atoms with Gasteiger partial charge in [0.2, 0.25) is 11.5 Å². The van der Waals surface area contributed by atoms with Crippen molar-refractivity contribution in [3.63, 3.8) is 0 Å². The first-order valence-electron chi connectivity index (χ1n) is 14.3. The van der Waals surface area contributed by atoms with Crippen molar-refractivity contribution in [2.75, 3.05) is 37.7 Å². The summed E-state index contributed by atoms with van der Waals surface area (Å²) in [6.07, 6.45) is -8.67. The Morgan fingerprint density at radius 3 is 2.28 bits per heavy atom. The molecule has 0 spiro atoms. The van der Waals surface area contributed by atoms with Crippen molar-refractivity contribution in [3.8, 4) is 5.75 Å². The number of halogens is 7. The molecule has 1 aromatic rings. The van der Waals surface area contributed by atoms with Crippen LogP contribution in [0.1, 0.15) is 26.7 Å².